The highest BCUT2D eigenvalue weighted by molar-refractivity contribution is 7.88. The molecule has 0 saturated carbocycles. The minimum atomic E-state index is -3.60. The number of fused-ring (bicyclic) bond motifs is 1. The first kappa shape index (κ1) is 19.0. The van der Waals surface area contributed by atoms with E-state index in [-0.39, 0.29) is 23.3 Å². The van der Waals surface area contributed by atoms with Gasteiger partial charge < -0.3 is 4.57 Å². The van der Waals surface area contributed by atoms with Gasteiger partial charge in [-0.25, -0.2) is 22.1 Å². The van der Waals surface area contributed by atoms with Gasteiger partial charge >= 0.3 is 0 Å². The highest BCUT2D eigenvalue weighted by atomic mass is 32.2. The molecular formula is C20H23FN4O2S. The summed E-state index contributed by atoms with van der Waals surface area (Å²) in [6.45, 7) is 4.94. The van der Waals surface area contributed by atoms with E-state index in [1.54, 1.807) is 24.5 Å². The van der Waals surface area contributed by atoms with E-state index in [0.717, 1.165) is 16.9 Å². The van der Waals surface area contributed by atoms with Crippen LogP contribution in [0.3, 0.4) is 0 Å². The Morgan fingerprint density at radius 3 is 2.79 bits per heavy atom. The summed E-state index contributed by atoms with van der Waals surface area (Å²) in [5, 5.41) is 0. The molecule has 1 unspecified atom stereocenters. The van der Waals surface area contributed by atoms with Crippen molar-refractivity contribution in [3.63, 3.8) is 0 Å². The molecule has 6 nitrogen and oxygen atoms in total. The zero-order valence-electron chi connectivity index (χ0n) is 15.9. The number of nitrogens with zero attached hydrogens (tertiary/aromatic N) is 4. The Hall–Kier alpha value is -2.32. The van der Waals surface area contributed by atoms with Crippen LogP contribution in [0.25, 0.3) is 11.0 Å². The van der Waals surface area contributed by atoms with Gasteiger partial charge in [-0.1, -0.05) is 18.2 Å². The van der Waals surface area contributed by atoms with Gasteiger partial charge in [0.1, 0.15) is 11.6 Å². The maximum Gasteiger partial charge on any atom is 0.218 e. The van der Waals surface area contributed by atoms with Crippen LogP contribution in [0.4, 0.5) is 4.39 Å². The molecule has 1 saturated heterocycles. The van der Waals surface area contributed by atoms with Crippen LogP contribution in [-0.2, 0) is 15.8 Å². The fourth-order valence-electron chi connectivity index (χ4n) is 3.89. The van der Waals surface area contributed by atoms with Gasteiger partial charge in [0.2, 0.25) is 10.0 Å². The van der Waals surface area contributed by atoms with Crippen molar-refractivity contribution in [2.75, 3.05) is 13.1 Å². The molecule has 148 valence electrons. The Morgan fingerprint density at radius 1 is 1.25 bits per heavy atom. The number of benzene rings is 1. The molecule has 0 radical (unpaired) electrons. The van der Waals surface area contributed by atoms with Gasteiger partial charge in [-0.2, -0.15) is 0 Å². The minimum absolute atomic E-state index is 0.00481. The summed E-state index contributed by atoms with van der Waals surface area (Å²) in [4.78, 5) is 8.97. The first-order chi connectivity index (χ1) is 13.4. The minimum Gasteiger partial charge on any atom is -0.324 e. The fraction of sp³-hybridized carbons (Fsp3) is 0.400. The van der Waals surface area contributed by atoms with Gasteiger partial charge in [-0.15, -0.1) is 0 Å². The number of imidazole rings is 1. The fourth-order valence-corrected chi connectivity index (χ4v) is 5.49. The van der Waals surface area contributed by atoms with Gasteiger partial charge in [0.05, 0.1) is 23.0 Å². The third-order valence-electron chi connectivity index (χ3n) is 5.24. The maximum atomic E-state index is 13.9. The van der Waals surface area contributed by atoms with Crippen molar-refractivity contribution >= 4 is 21.1 Å². The SMILES string of the molecule is CC(C)n1c(C2CCN(S(=O)(=O)Cc3ccccc3F)C2)nc2ccncc21. The van der Waals surface area contributed by atoms with E-state index < -0.39 is 15.8 Å². The standard InChI is InChI=1S/C20H23FN4O2S/c1-14(2)25-19-11-22-9-7-18(19)23-20(25)15-8-10-24(12-15)28(26,27)13-16-5-3-4-6-17(16)21/h3-7,9,11,14-15H,8,10,12-13H2,1-2H3. The average molecular weight is 402 g/mol. The average Bonchev–Trinajstić information content (AvgIpc) is 3.28. The molecule has 0 amide bonds. The molecule has 0 aliphatic carbocycles. The van der Waals surface area contributed by atoms with Crippen LogP contribution in [0.5, 0.6) is 0 Å². The van der Waals surface area contributed by atoms with Crippen LogP contribution in [0.1, 0.15) is 43.6 Å². The first-order valence-corrected chi connectivity index (χ1v) is 11.0. The number of halogens is 1. The quantitative estimate of drug-likeness (QED) is 0.655. The number of rotatable bonds is 5. The summed E-state index contributed by atoms with van der Waals surface area (Å²) in [7, 11) is -3.60. The Labute approximate surface area is 164 Å². The zero-order valence-corrected chi connectivity index (χ0v) is 16.7. The third-order valence-corrected chi connectivity index (χ3v) is 7.03. The Bertz CT molecular complexity index is 1110. The molecule has 8 heteroatoms. The largest absolute Gasteiger partial charge is 0.324 e. The van der Waals surface area contributed by atoms with Crippen molar-refractivity contribution < 1.29 is 12.8 Å². The monoisotopic (exact) mass is 402 g/mol. The number of hydrogen-bond acceptors (Lipinski definition) is 4. The van der Waals surface area contributed by atoms with Crippen LogP contribution < -0.4 is 0 Å². The van der Waals surface area contributed by atoms with E-state index in [1.807, 2.05) is 6.07 Å². The van der Waals surface area contributed by atoms with E-state index >= 15 is 0 Å². The zero-order chi connectivity index (χ0) is 19.9. The molecule has 0 N–H and O–H groups in total. The van der Waals surface area contributed by atoms with Gasteiger partial charge in [0.25, 0.3) is 0 Å². The molecule has 0 spiro atoms. The molecule has 1 aliphatic heterocycles. The van der Waals surface area contributed by atoms with Crippen LogP contribution >= 0.6 is 0 Å². The molecule has 1 aromatic carbocycles. The summed E-state index contributed by atoms with van der Waals surface area (Å²) >= 11 is 0. The molecule has 3 heterocycles. The highest BCUT2D eigenvalue weighted by Crippen LogP contribution is 2.33. The van der Waals surface area contributed by atoms with Crippen LogP contribution in [0.2, 0.25) is 0 Å². The normalized spacial score (nSPS) is 18.4. The van der Waals surface area contributed by atoms with E-state index in [2.05, 4.69) is 23.4 Å². The lowest BCUT2D eigenvalue weighted by Gasteiger charge is -2.19. The number of pyridine rings is 1. The van der Waals surface area contributed by atoms with Crippen molar-refractivity contribution in [3.05, 3.63) is 59.9 Å². The second kappa shape index (κ2) is 7.25. The predicted molar refractivity (Wildman–Crippen MR) is 106 cm³/mol. The summed E-state index contributed by atoms with van der Waals surface area (Å²) in [5.41, 5.74) is 2.03. The maximum absolute atomic E-state index is 13.9. The Balaban J connectivity index is 1.60. The second-order valence-electron chi connectivity index (χ2n) is 7.49. The molecule has 3 aromatic rings. The van der Waals surface area contributed by atoms with Gasteiger partial charge in [0, 0.05) is 36.8 Å². The van der Waals surface area contributed by atoms with E-state index in [1.165, 1.54) is 16.4 Å². The van der Waals surface area contributed by atoms with E-state index in [0.29, 0.717) is 19.5 Å². The predicted octanol–water partition coefficient (Wildman–Crippen LogP) is 3.47. The van der Waals surface area contributed by atoms with Crippen LogP contribution in [-0.4, -0.2) is 40.3 Å². The molecule has 4 rings (SSSR count). The van der Waals surface area contributed by atoms with Gasteiger partial charge in [-0.3, -0.25) is 4.98 Å². The number of sulfonamides is 1. The molecule has 1 atom stereocenters. The lowest BCUT2D eigenvalue weighted by Crippen LogP contribution is -2.30. The summed E-state index contributed by atoms with van der Waals surface area (Å²) in [6.07, 6.45) is 4.21. The smallest absolute Gasteiger partial charge is 0.218 e. The molecule has 2 aromatic heterocycles. The van der Waals surface area contributed by atoms with E-state index in [9.17, 15) is 12.8 Å². The number of aromatic nitrogens is 3. The first-order valence-electron chi connectivity index (χ1n) is 9.40. The van der Waals surface area contributed by atoms with Gasteiger partial charge in [0.15, 0.2) is 0 Å². The molecule has 1 aliphatic rings. The Kier molecular flexibility index (Phi) is 4.93. The lowest BCUT2D eigenvalue weighted by atomic mass is 10.1. The number of hydrogen-bond donors (Lipinski definition) is 0. The highest BCUT2D eigenvalue weighted by Gasteiger charge is 2.35. The lowest BCUT2D eigenvalue weighted by molar-refractivity contribution is 0.464. The topological polar surface area (TPSA) is 68.1 Å². The van der Waals surface area contributed by atoms with Gasteiger partial charge in [-0.05, 0) is 32.4 Å². The molecule has 1 fully saturated rings. The summed E-state index contributed by atoms with van der Waals surface area (Å²) in [5.74, 6) is 0.0828. The van der Waals surface area contributed by atoms with Crippen molar-refractivity contribution in [3.8, 4) is 0 Å². The molecular weight excluding hydrogens is 379 g/mol. The Morgan fingerprint density at radius 2 is 2.04 bits per heavy atom. The van der Waals surface area contributed by atoms with Crippen molar-refractivity contribution in [1.82, 2.24) is 18.8 Å². The third kappa shape index (κ3) is 3.42. The summed E-state index contributed by atoms with van der Waals surface area (Å²) < 4.78 is 43.2. The van der Waals surface area contributed by atoms with Crippen molar-refractivity contribution in [1.29, 1.82) is 0 Å². The van der Waals surface area contributed by atoms with E-state index in [4.69, 9.17) is 4.98 Å². The van der Waals surface area contributed by atoms with Crippen molar-refractivity contribution in [2.45, 2.75) is 38.0 Å². The second-order valence-corrected chi connectivity index (χ2v) is 9.46. The van der Waals surface area contributed by atoms with Crippen LogP contribution in [0.15, 0.2) is 42.7 Å². The summed E-state index contributed by atoms with van der Waals surface area (Å²) in [6, 6.07) is 8.08. The molecule has 0 bridgehead atoms. The molecule has 28 heavy (non-hydrogen) atoms. The van der Waals surface area contributed by atoms with Crippen molar-refractivity contribution in [2.24, 2.45) is 0 Å². The van der Waals surface area contributed by atoms with Crippen LogP contribution in [0, 0.1) is 5.82 Å².